The predicted molar refractivity (Wildman–Crippen MR) is 102 cm³/mol. The fourth-order valence-corrected chi connectivity index (χ4v) is 2.94. The summed E-state index contributed by atoms with van der Waals surface area (Å²) < 4.78 is 11.2. The average molecular weight is 384 g/mol. The van der Waals surface area contributed by atoms with Crippen LogP contribution in [0.4, 0.5) is 0 Å². The summed E-state index contributed by atoms with van der Waals surface area (Å²) in [6.45, 7) is 5.56. The highest BCUT2D eigenvalue weighted by molar-refractivity contribution is 6.04. The Hall–Kier alpha value is -2.93. The fraction of sp³-hybridized carbons (Fsp3) is 0.381. The van der Waals surface area contributed by atoms with Gasteiger partial charge in [0.2, 0.25) is 0 Å². The van der Waals surface area contributed by atoms with Gasteiger partial charge in [0.05, 0.1) is 18.7 Å². The van der Waals surface area contributed by atoms with Gasteiger partial charge in [-0.1, -0.05) is 18.2 Å². The van der Waals surface area contributed by atoms with Gasteiger partial charge >= 0.3 is 5.97 Å². The summed E-state index contributed by atoms with van der Waals surface area (Å²) in [4.78, 5) is 31.0. The first-order chi connectivity index (χ1) is 13.2. The molecule has 7 heteroatoms. The molecule has 28 heavy (non-hydrogen) atoms. The number of benzene rings is 1. The number of aromatic nitrogens is 1. The molecule has 148 valence electrons. The number of pyridine rings is 1. The Morgan fingerprint density at radius 2 is 1.82 bits per heavy atom. The van der Waals surface area contributed by atoms with E-state index in [0.717, 1.165) is 0 Å². The second-order valence-corrected chi connectivity index (χ2v) is 7.65. The van der Waals surface area contributed by atoms with Crippen molar-refractivity contribution in [3.8, 4) is 5.75 Å². The number of carbonyl (C=O) groups excluding carboxylic acids is 2. The summed E-state index contributed by atoms with van der Waals surface area (Å²) in [6.07, 6.45) is 0.0591. The first-order valence-electron chi connectivity index (χ1n) is 9.12. The van der Waals surface area contributed by atoms with E-state index in [2.05, 4.69) is 4.98 Å². The molecule has 1 aromatic carbocycles. The maximum Gasteiger partial charge on any atom is 0.341 e. The molecule has 1 saturated heterocycles. The molecule has 0 bridgehead atoms. The molecule has 1 aliphatic rings. The molecule has 7 nitrogen and oxygen atoms in total. The number of hydrogen-bond acceptors (Lipinski definition) is 6. The quantitative estimate of drug-likeness (QED) is 0.814. The van der Waals surface area contributed by atoms with Crippen molar-refractivity contribution in [1.29, 1.82) is 0 Å². The summed E-state index contributed by atoms with van der Waals surface area (Å²) in [5.74, 6) is -0.436. The second kappa shape index (κ2) is 7.98. The van der Waals surface area contributed by atoms with Crippen LogP contribution in [-0.4, -0.2) is 57.8 Å². The Kier molecular flexibility index (Phi) is 5.65. The van der Waals surface area contributed by atoms with E-state index in [1.54, 1.807) is 39.0 Å². The van der Waals surface area contributed by atoms with Crippen LogP contribution in [0.2, 0.25) is 0 Å². The topological polar surface area (TPSA) is 89.0 Å². The molecule has 0 aliphatic carbocycles. The van der Waals surface area contributed by atoms with Crippen LogP contribution in [0.1, 0.15) is 41.6 Å². The minimum absolute atomic E-state index is 0.00399. The smallest absolute Gasteiger partial charge is 0.341 e. The van der Waals surface area contributed by atoms with Crippen molar-refractivity contribution in [1.82, 2.24) is 9.88 Å². The zero-order valence-corrected chi connectivity index (χ0v) is 16.2. The average Bonchev–Trinajstić information content (AvgIpc) is 3.01. The highest BCUT2D eigenvalue weighted by atomic mass is 16.6. The van der Waals surface area contributed by atoms with Crippen LogP contribution >= 0.6 is 0 Å². The number of aliphatic hydroxyl groups is 1. The number of ether oxygens (including phenoxy) is 2. The Balaban J connectivity index is 1.75. The maximum atomic E-state index is 13.0. The van der Waals surface area contributed by atoms with Crippen molar-refractivity contribution in [3.63, 3.8) is 0 Å². The highest BCUT2D eigenvalue weighted by Crippen LogP contribution is 2.22. The van der Waals surface area contributed by atoms with E-state index < -0.39 is 29.7 Å². The van der Waals surface area contributed by atoms with Gasteiger partial charge in [-0.3, -0.25) is 9.78 Å². The van der Waals surface area contributed by atoms with Crippen LogP contribution in [0.25, 0.3) is 0 Å². The van der Waals surface area contributed by atoms with Crippen molar-refractivity contribution < 1.29 is 24.2 Å². The van der Waals surface area contributed by atoms with Crippen molar-refractivity contribution in [3.05, 3.63) is 59.9 Å². The van der Waals surface area contributed by atoms with Crippen molar-refractivity contribution in [2.75, 3.05) is 13.1 Å². The molecule has 0 radical (unpaired) electrons. The molecule has 1 aromatic heterocycles. The van der Waals surface area contributed by atoms with Gasteiger partial charge in [-0.2, -0.15) is 0 Å². The number of hydrogen-bond donors (Lipinski definition) is 1. The SMILES string of the molecule is CC(C)(C)OC(=O)c1cccnc1C(=O)N1C[C@@H](O)[C@H](Oc2ccccc2)C1. The number of nitrogens with zero attached hydrogens (tertiary/aromatic N) is 2. The number of esters is 1. The van der Waals surface area contributed by atoms with Crippen LogP contribution in [0.5, 0.6) is 5.75 Å². The lowest BCUT2D eigenvalue weighted by Crippen LogP contribution is -2.33. The Morgan fingerprint density at radius 3 is 2.50 bits per heavy atom. The van der Waals surface area contributed by atoms with Gasteiger partial charge < -0.3 is 19.5 Å². The van der Waals surface area contributed by atoms with Crippen LogP contribution in [0, 0.1) is 0 Å². The van der Waals surface area contributed by atoms with Gasteiger partial charge in [-0.15, -0.1) is 0 Å². The molecule has 1 aliphatic heterocycles. The number of rotatable bonds is 4. The molecule has 0 saturated carbocycles. The van der Waals surface area contributed by atoms with E-state index >= 15 is 0 Å². The molecular formula is C21H24N2O5. The number of aliphatic hydroxyl groups excluding tert-OH is 1. The van der Waals surface area contributed by atoms with Gasteiger partial charge in [0.1, 0.15) is 29.3 Å². The molecule has 1 fully saturated rings. The van der Waals surface area contributed by atoms with Crippen LogP contribution < -0.4 is 4.74 Å². The molecule has 2 atom stereocenters. The van der Waals surface area contributed by atoms with E-state index in [1.807, 2.05) is 18.2 Å². The summed E-state index contributed by atoms with van der Waals surface area (Å²) >= 11 is 0. The minimum Gasteiger partial charge on any atom is -0.486 e. The van der Waals surface area contributed by atoms with E-state index in [-0.39, 0.29) is 24.3 Å². The molecule has 3 rings (SSSR count). The molecule has 0 unspecified atom stereocenters. The molecule has 2 aromatic rings. The normalized spacial score (nSPS) is 19.4. The number of para-hydroxylation sites is 1. The second-order valence-electron chi connectivity index (χ2n) is 7.65. The third-order valence-corrected chi connectivity index (χ3v) is 4.18. The van der Waals surface area contributed by atoms with Crippen molar-refractivity contribution in [2.24, 2.45) is 0 Å². The summed E-state index contributed by atoms with van der Waals surface area (Å²) in [7, 11) is 0. The largest absolute Gasteiger partial charge is 0.486 e. The third kappa shape index (κ3) is 4.67. The number of carbonyl (C=O) groups is 2. The fourth-order valence-electron chi connectivity index (χ4n) is 2.94. The van der Waals surface area contributed by atoms with Crippen molar-refractivity contribution >= 4 is 11.9 Å². The van der Waals surface area contributed by atoms with E-state index in [1.165, 1.54) is 17.2 Å². The summed E-state index contributed by atoms with van der Waals surface area (Å²) in [5, 5.41) is 10.3. The monoisotopic (exact) mass is 384 g/mol. The molecule has 0 spiro atoms. The highest BCUT2D eigenvalue weighted by Gasteiger charge is 2.37. The van der Waals surface area contributed by atoms with Gasteiger partial charge in [0.15, 0.2) is 0 Å². The Labute approximate surface area is 163 Å². The molecule has 1 amide bonds. The third-order valence-electron chi connectivity index (χ3n) is 4.18. The van der Waals surface area contributed by atoms with E-state index in [4.69, 9.17) is 9.47 Å². The zero-order chi connectivity index (χ0) is 20.3. The van der Waals surface area contributed by atoms with Gasteiger partial charge in [-0.05, 0) is 45.0 Å². The minimum atomic E-state index is -0.835. The number of β-amino-alcohol motifs (C(OH)–C–C–N with tert-alkyl or cyclic N) is 1. The zero-order valence-electron chi connectivity index (χ0n) is 16.2. The Bertz CT molecular complexity index is 847. The predicted octanol–water partition coefficient (Wildman–Crippen LogP) is 2.30. The van der Waals surface area contributed by atoms with Crippen LogP contribution in [0.15, 0.2) is 48.7 Å². The standard InChI is InChI=1S/C21H24N2O5/c1-21(2,3)28-20(26)15-10-7-11-22-18(15)19(25)23-12-16(24)17(13-23)27-14-8-5-4-6-9-14/h4-11,16-17,24H,12-13H2,1-3H3/t16-,17-/m1/s1. The summed E-state index contributed by atoms with van der Waals surface area (Å²) in [5.41, 5.74) is -0.584. The molecule has 2 heterocycles. The van der Waals surface area contributed by atoms with Crippen LogP contribution in [-0.2, 0) is 4.74 Å². The maximum absolute atomic E-state index is 13.0. The first-order valence-corrected chi connectivity index (χ1v) is 9.12. The Morgan fingerprint density at radius 1 is 1.11 bits per heavy atom. The number of amides is 1. The summed E-state index contributed by atoms with van der Waals surface area (Å²) in [6, 6.07) is 12.2. The van der Waals surface area contributed by atoms with Gasteiger partial charge in [0.25, 0.3) is 5.91 Å². The van der Waals surface area contributed by atoms with Crippen LogP contribution in [0.3, 0.4) is 0 Å². The number of likely N-dealkylation sites (tertiary alicyclic amines) is 1. The van der Waals surface area contributed by atoms with Crippen molar-refractivity contribution in [2.45, 2.75) is 38.6 Å². The van der Waals surface area contributed by atoms with Gasteiger partial charge in [-0.25, -0.2) is 4.79 Å². The van der Waals surface area contributed by atoms with E-state index in [9.17, 15) is 14.7 Å². The van der Waals surface area contributed by atoms with Gasteiger partial charge in [0, 0.05) is 6.20 Å². The lowest BCUT2D eigenvalue weighted by atomic mass is 10.1. The lowest BCUT2D eigenvalue weighted by Gasteiger charge is -2.21. The first kappa shape index (κ1) is 19.8. The molecular weight excluding hydrogens is 360 g/mol. The van der Waals surface area contributed by atoms with E-state index in [0.29, 0.717) is 5.75 Å². The molecule has 1 N–H and O–H groups in total. The lowest BCUT2D eigenvalue weighted by molar-refractivity contribution is 0.00662.